The molecule has 2 heterocycles. The predicted octanol–water partition coefficient (Wildman–Crippen LogP) is 4.08. The van der Waals surface area contributed by atoms with Crippen LogP contribution in [0.3, 0.4) is 0 Å². The van der Waals surface area contributed by atoms with E-state index in [0.29, 0.717) is 6.42 Å². The lowest BCUT2D eigenvalue weighted by Gasteiger charge is -2.52. The van der Waals surface area contributed by atoms with Gasteiger partial charge in [-0.2, -0.15) is 0 Å². The van der Waals surface area contributed by atoms with Crippen LogP contribution in [0.25, 0.3) is 0 Å². The molecule has 31 heavy (non-hydrogen) atoms. The largest absolute Gasteiger partial charge is 0.468 e. The van der Waals surface area contributed by atoms with Gasteiger partial charge in [-0.1, -0.05) is 61.9 Å². The van der Waals surface area contributed by atoms with Crippen LogP contribution < -0.4 is 0 Å². The number of carbonyl (C=O) groups excluding carboxylic acids is 2. The summed E-state index contributed by atoms with van der Waals surface area (Å²) in [5.41, 5.74) is 2.26. The second-order valence-corrected chi connectivity index (χ2v) is 9.27. The normalized spacial score (nSPS) is 36.3. The molecule has 0 N–H and O–H groups in total. The van der Waals surface area contributed by atoms with Crippen LogP contribution in [0, 0.1) is 5.41 Å². The first-order valence-corrected chi connectivity index (χ1v) is 11.2. The van der Waals surface area contributed by atoms with Crippen molar-refractivity contribution in [2.24, 2.45) is 5.41 Å². The highest BCUT2D eigenvalue weighted by atomic mass is 16.7. The van der Waals surface area contributed by atoms with Crippen LogP contribution in [-0.2, 0) is 23.8 Å². The van der Waals surface area contributed by atoms with E-state index in [1.165, 1.54) is 18.2 Å². The van der Waals surface area contributed by atoms with Gasteiger partial charge in [-0.15, -0.1) is 0 Å². The SMILES string of the molecule is CCCCC1OC(=O)C2(C3(C(=O)OC)CC4c5ccccc5C3c3ccccc34)OC12. The highest BCUT2D eigenvalue weighted by Crippen LogP contribution is 2.72. The number of fused-ring (bicyclic) bond motifs is 3. The molecule has 0 aromatic heterocycles. The minimum Gasteiger partial charge on any atom is -0.468 e. The number of hydrogen-bond donors (Lipinski definition) is 0. The van der Waals surface area contributed by atoms with Crippen molar-refractivity contribution in [3.63, 3.8) is 0 Å². The Labute approximate surface area is 181 Å². The number of hydrogen-bond acceptors (Lipinski definition) is 5. The zero-order valence-electron chi connectivity index (χ0n) is 17.8. The molecule has 160 valence electrons. The molecule has 5 aliphatic rings. The van der Waals surface area contributed by atoms with Crippen molar-refractivity contribution in [1.29, 1.82) is 0 Å². The van der Waals surface area contributed by atoms with Gasteiger partial charge in [0, 0.05) is 11.8 Å². The third-order valence-corrected chi connectivity index (χ3v) is 7.99. The van der Waals surface area contributed by atoms with Crippen LogP contribution in [0.1, 0.15) is 66.7 Å². The Balaban J connectivity index is 1.56. The summed E-state index contributed by atoms with van der Waals surface area (Å²) in [4.78, 5) is 27.1. The standard InChI is InChI=1S/C26H26O5/c1-3-4-13-20-22-26(31-22,24(28)30-20)25(23(27)29-2)14-19-15-9-5-7-11-17(15)21(25)18-12-8-6-10-16(18)19/h5-12,19-22H,3-4,13-14H2,1-2H3. The Morgan fingerprint density at radius 2 is 1.68 bits per heavy atom. The van der Waals surface area contributed by atoms with E-state index in [0.717, 1.165) is 30.4 Å². The lowest BCUT2D eigenvalue weighted by Crippen LogP contribution is -2.58. The minimum atomic E-state index is -1.26. The van der Waals surface area contributed by atoms with Crippen LogP contribution in [0.4, 0.5) is 0 Å². The molecule has 2 aromatic rings. The number of benzene rings is 2. The van der Waals surface area contributed by atoms with Crippen LogP contribution in [-0.4, -0.2) is 36.9 Å². The Kier molecular flexibility index (Phi) is 3.95. The summed E-state index contributed by atoms with van der Waals surface area (Å²) in [6, 6.07) is 16.6. The van der Waals surface area contributed by atoms with E-state index in [-0.39, 0.29) is 30.0 Å². The number of carbonyl (C=O) groups is 2. The van der Waals surface area contributed by atoms with Crippen LogP contribution in [0.15, 0.2) is 48.5 Å². The predicted molar refractivity (Wildman–Crippen MR) is 113 cm³/mol. The third-order valence-electron chi connectivity index (χ3n) is 7.99. The summed E-state index contributed by atoms with van der Waals surface area (Å²) >= 11 is 0. The number of ether oxygens (including phenoxy) is 3. The van der Waals surface area contributed by atoms with Crippen molar-refractivity contribution < 1.29 is 23.8 Å². The van der Waals surface area contributed by atoms with Crippen molar-refractivity contribution >= 4 is 11.9 Å². The molecule has 7 rings (SSSR count). The molecule has 2 saturated heterocycles. The minimum absolute atomic E-state index is 0.0122. The van der Waals surface area contributed by atoms with Crippen molar-refractivity contribution in [3.05, 3.63) is 70.8 Å². The maximum absolute atomic E-state index is 13.7. The van der Waals surface area contributed by atoms with Crippen molar-refractivity contribution in [2.45, 2.75) is 62.3 Å². The smallest absolute Gasteiger partial charge is 0.342 e. The van der Waals surface area contributed by atoms with E-state index in [4.69, 9.17) is 14.2 Å². The molecule has 0 spiro atoms. The Bertz CT molecular complexity index is 1050. The number of unbranched alkanes of at least 4 members (excludes halogenated alkanes) is 1. The zero-order chi connectivity index (χ0) is 21.4. The average Bonchev–Trinajstić information content (AvgIpc) is 3.52. The van der Waals surface area contributed by atoms with Crippen molar-refractivity contribution in [3.8, 4) is 0 Å². The third kappa shape index (κ3) is 2.15. The van der Waals surface area contributed by atoms with Crippen molar-refractivity contribution in [2.75, 3.05) is 7.11 Å². The van der Waals surface area contributed by atoms with E-state index in [1.807, 2.05) is 24.3 Å². The van der Waals surface area contributed by atoms with Gasteiger partial charge in [0.05, 0.1) is 7.11 Å². The molecule has 0 radical (unpaired) electrons. The van der Waals surface area contributed by atoms with Crippen LogP contribution in [0.5, 0.6) is 0 Å². The van der Waals surface area contributed by atoms with E-state index < -0.39 is 17.0 Å². The van der Waals surface area contributed by atoms with Crippen LogP contribution >= 0.6 is 0 Å². The molecule has 2 fully saturated rings. The highest BCUT2D eigenvalue weighted by molar-refractivity contribution is 5.98. The first-order chi connectivity index (χ1) is 15.1. The molecule has 3 aliphatic carbocycles. The average molecular weight is 418 g/mol. The second kappa shape index (κ2) is 6.42. The highest BCUT2D eigenvalue weighted by Gasteiger charge is 2.86. The number of cyclic esters (lactones) is 1. The van der Waals surface area contributed by atoms with Gasteiger partial charge >= 0.3 is 11.9 Å². The van der Waals surface area contributed by atoms with Crippen LogP contribution in [0.2, 0.25) is 0 Å². The summed E-state index contributed by atoms with van der Waals surface area (Å²) in [6.07, 6.45) is 2.54. The quantitative estimate of drug-likeness (QED) is 0.541. The maximum atomic E-state index is 13.7. The first-order valence-electron chi connectivity index (χ1n) is 11.2. The van der Waals surface area contributed by atoms with Gasteiger partial charge in [0.1, 0.15) is 17.6 Å². The lowest BCUT2D eigenvalue weighted by atomic mass is 9.47. The molecular weight excluding hydrogens is 392 g/mol. The van der Waals surface area contributed by atoms with E-state index >= 15 is 0 Å². The number of epoxide rings is 1. The fourth-order valence-corrected chi connectivity index (χ4v) is 6.72. The van der Waals surface area contributed by atoms with E-state index in [1.54, 1.807) is 0 Å². The maximum Gasteiger partial charge on any atom is 0.342 e. The van der Waals surface area contributed by atoms with E-state index in [2.05, 4.69) is 31.2 Å². The molecular formula is C26H26O5. The molecule has 2 aromatic carbocycles. The number of methoxy groups -OCH3 is 1. The van der Waals surface area contributed by atoms with Gasteiger partial charge < -0.3 is 14.2 Å². The zero-order valence-corrected chi connectivity index (χ0v) is 17.8. The Hall–Kier alpha value is -2.66. The first kappa shape index (κ1) is 19.1. The van der Waals surface area contributed by atoms with Gasteiger partial charge in [0.15, 0.2) is 0 Å². The fraction of sp³-hybridized carbons (Fsp3) is 0.462. The summed E-state index contributed by atoms with van der Waals surface area (Å²) in [6.45, 7) is 2.11. The van der Waals surface area contributed by atoms with Gasteiger partial charge in [-0.25, -0.2) is 4.79 Å². The summed E-state index contributed by atoms with van der Waals surface area (Å²) in [7, 11) is 1.41. The van der Waals surface area contributed by atoms with Gasteiger partial charge in [0.25, 0.3) is 0 Å². The Morgan fingerprint density at radius 1 is 1.06 bits per heavy atom. The molecule has 2 bridgehead atoms. The summed E-state index contributed by atoms with van der Waals surface area (Å²) in [5, 5.41) is 0. The second-order valence-electron chi connectivity index (χ2n) is 9.27. The van der Waals surface area contributed by atoms with Gasteiger partial charge in [-0.3, -0.25) is 4.79 Å². The molecule has 4 atom stereocenters. The fourth-order valence-electron chi connectivity index (χ4n) is 6.72. The van der Waals surface area contributed by atoms with E-state index in [9.17, 15) is 9.59 Å². The molecule has 2 aliphatic heterocycles. The van der Waals surface area contributed by atoms with Gasteiger partial charge in [-0.05, 0) is 41.5 Å². The molecule has 4 unspecified atom stereocenters. The monoisotopic (exact) mass is 418 g/mol. The van der Waals surface area contributed by atoms with Gasteiger partial charge in [0.2, 0.25) is 5.60 Å². The molecule has 0 amide bonds. The summed E-state index contributed by atoms with van der Waals surface area (Å²) in [5.74, 6) is -1.06. The lowest BCUT2D eigenvalue weighted by molar-refractivity contribution is -0.174. The summed E-state index contributed by atoms with van der Waals surface area (Å²) < 4.78 is 17.5. The number of esters is 2. The molecule has 5 heteroatoms. The van der Waals surface area contributed by atoms with Crippen molar-refractivity contribution in [1.82, 2.24) is 0 Å². The number of rotatable bonds is 5. The topological polar surface area (TPSA) is 65.1 Å². The molecule has 0 saturated carbocycles. The molecule has 5 nitrogen and oxygen atoms in total. The Morgan fingerprint density at radius 3 is 2.23 bits per heavy atom.